The molecule has 0 aliphatic heterocycles. The van der Waals surface area contributed by atoms with E-state index in [2.05, 4.69) is 34.1 Å². The van der Waals surface area contributed by atoms with Crippen molar-refractivity contribution < 1.29 is 0 Å². The van der Waals surface area contributed by atoms with E-state index in [0.717, 1.165) is 22.5 Å². The second kappa shape index (κ2) is 5.27. The number of aromatic nitrogens is 1. The zero-order valence-corrected chi connectivity index (χ0v) is 12.6. The minimum atomic E-state index is 0.656. The second-order valence-corrected chi connectivity index (χ2v) is 7.10. The Morgan fingerprint density at radius 1 is 1.28 bits per heavy atom. The maximum Gasteiger partial charge on any atom is 0.0969 e. The molecular weight excluding hydrogens is 308 g/mol. The number of benzene rings is 1. The van der Waals surface area contributed by atoms with Crippen LogP contribution in [0, 0.1) is 5.92 Å². The number of halogens is 1. The Morgan fingerprint density at radius 3 is 2.78 bits per heavy atom. The summed E-state index contributed by atoms with van der Waals surface area (Å²) in [6.07, 6.45) is 5.04. The molecule has 0 unspecified atom stereocenters. The number of hydrogen-bond donors (Lipinski definition) is 1. The molecule has 0 amide bonds. The van der Waals surface area contributed by atoms with Crippen molar-refractivity contribution in [2.45, 2.75) is 31.6 Å². The van der Waals surface area contributed by atoms with Gasteiger partial charge in [-0.05, 0) is 56.3 Å². The van der Waals surface area contributed by atoms with Crippen LogP contribution >= 0.6 is 27.3 Å². The van der Waals surface area contributed by atoms with E-state index in [9.17, 15) is 0 Å². The monoisotopic (exact) mass is 324 g/mol. The van der Waals surface area contributed by atoms with Crippen LogP contribution in [0.15, 0.2) is 22.7 Å². The quantitative estimate of drug-likeness (QED) is 0.894. The van der Waals surface area contributed by atoms with Crippen molar-refractivity contribution in [3.05, 3.63) is 27.7 Å². The molecule has 4 heteroatoms. The molecular formula is C14H17BrN2S. The molecule has 1 aliphatic carbocycles. The fourth-order valence-corrected chi connectivity index (χ4v) is 4.20. The molecule has 2 N–H and O–H groups in total. The average Bonchev–Trinajstić information content (AvgIpc) is 2.81. The molecule has 0 spiro atoms. The lowest BCUT2D eigenvalue weighted by Gasteiger charge is -2.26. The van der Waals surface area contributed by atoms with Crippen LogP contribution in [0.5, 0.6) is 0 Å². The van der Waals surface area contributed by atoms with Crippen LogP contribution in [0.25, 0.3) is 10.2 Å². The van der Waals surface area contributed by atoms with Crippen molar-refractivity contribution in [3.8, 4) is 0 Å². The van der Waals surface area contributed by atoms with E-state index >= 15 is 0 Å². The zero-order chi connectivity index (χ0) is 12.5. The fraction of sp³-hybridized carbons (Fsp3) is 0.500. The standard InChI is InChI=1S/C14H17BrN2S/c15-11-5-6-13-12(7-11)17-14(18-13)10-3-1-9(8-16)2-4-10/h5-7,9-10H,1-4,8,16H2. The highest BCUT2D eigenvalue weighted by Gasteiger charge is 2.23. The number of nitrogens with zero attached hydrogens (tertiary/aromatic N) is 1. The van der Waals surface area contributed by atoms with Crippen LogP contribution in [0.1, 0.15) is 36.6 Å². The molecule has 0 radical (unpaired) electrons. The third-order valence-electron chi connectivity index (χ3n) is 3.90. The maximum atomic E-state index is 5.75. The first-order valence-electron chi connectivity index (χ1n) is 6.52. The molecule has 96 valence electrons. The topological polar surface area (TPSA) is 38.9 Å². The smallest absolute Gasteiger partial charge is 0.0969 e. The summed E-state index contributed by atoms with van der Waals surface area (Å²) in [5.41, 5.74) is 6.88. The van der Waals surface area contributed by atoms with E-state index in [0.29, 0.717) is 5.92 Å². The summed E-state index contributed by atoms with van der Waals surface area (Å²) in [6.45, 7) is 0.847. The van der Waals surface area contributed by atoms with Crippen molar-refractivity contribution in [2.75, 3.05) is 6.54 Å². The van der Waals surface area contributed by atoms with E-state index in [1.165, 1.54) is 35.4 Å². The van der Waals surface area contributed by atoms with Gasteiger partial charge in [-0.3, -0.25) is 0 Å². The molecule has 0 bridgehead atoms. The van der Waals surface area contributed by atoms with Crippen LogP contribution in [-0.2, 0) is 0 Å². The SMILES string of the molecule is NCC1CCC(c2nc3cc(Br)ccc3s2)CC1. The Bertz CT molecular complexity index is 544. The number of thiazole rings is 1. The first-order chi connectivity index (χ1) is 8.76. The van der Waals surface area contributed by atoms with Crippen LogP contribution < -0.4 is 5.73 Å². The highest BCUT2D eigenvalue weighted by atomic mass is 79.9. The summed E-state index contributed by atoms with van der Waals surface area (Å²) in [5, 5.41) is 1.32. The van der Waals surface area contributed by atoms with Crippen LogP contribution in [-0.4, -0.2) is 11.5 Å². The van der Waals surface area contributed by atoms with Gasteiger partial charge in [-0.15, -0.1) is 11.3 Å². The molecule has 2 nitrogen and oxygen atoms in total. The first-order valence-corrected chi connectivity index (χ1v) is 8.13. The Kier molecular flexibility index (Phi) is 3.68. The lowest BCUT2D eigenvalue weighted by Crippen LogP contribution is -2.20. The van der Waals surface area contributed by atoms with Crippen molar-refractivity contribution in [2.24, 2.45) is 11.7 Å². The van der Waals surface area contributed by atoms with Crippen LogP contribution in [0.3, 0.4) is 0 Å². The Labute approximate surface area is 120 Å². The maximum absolute atomic E-state index is 5.75. The summed E-state index contributed by atoms with van der Waals surface area (Å²) in [7, 11) is 0. The Morgan fingerprint density at radius 2 is 2.06 bits per heavy atom. The van der Waals surface area contributed by atoms with Gasteiger partial charge in [0.1, 0.15) is 0 Å². The molecule has 3 rings (SSSR count). The van der Waals surface area contributed by atoms with Gasteiger partial charge in [-0.2, -0.15) is 0 Å². The summed E-state index contributed by atoms with van der Waals surface area (Å²) in [6, 6.07) is 6.36. The fourth-order valence-electron chi connectivity index (χ4n) is 2.74. The molecule has 1 aromatic carbocycles. The molecule has 1 fully saturated rings. The molecule has 1 aromatic heterocycles. The predicted octanol–water partition coefficient (Wildman–Crippen LogP) is 4.29. The lowest BCUT2D eigenvalue weighted by atomic mass is 9.82. The van der Waals surface area contributed by atoms with Gasteiger partial charge in [0.05, 0.1) is 15.2 Å². The third kappa shape index (κ3) is 2.46. The Balaban J connectivity index is 1.82. The summed E-state index contributed by atoms with van der Waals surface area (Å²) >= 11 is 5.36. The molecule has 2 aromatic rings. The molecule has 1 saturated carbocycles. The van der Waals surface area contributed by atoms with E-state index in [1.54, 1.807) is 0 Å². The van der Waals surface area contributed by atoms with Gasteiger partial charge < -0.3 is 5.73 Å². The van der Waals surface area contributed by atoms with Gasteiger partial charge in [-0.25, -0.2) is 4.98 Å². The van der Waals surface area contributed by atoms with E-state index in [-0.39, 0.29) is 0 Å². The summed E-state index contributed by atoms with van der Waals surface area (Å²) < 4.78 is 2.41. The molecule has 1 aliphatic rings. The lowest BCUT2D eigenvalue weighted by molar-refractivity contribution is 0.332. The first kappa shape index (κ1) is 12.6. The van der Waals surface area contributed by atoms with Gasteiger partial charge in [0.15, 0.2) is 0 Å². The molecule has 18 heavy (non-hydrogen) atoms. The van der Waals surface area contributed by atoms with Gasteiger partial charge in [-0.1, -0.05) is 15.9 Å². The van der Waals surface area contributed by atoms with E-state index < -0.39 is 0 Å². The Hall–Kier alpha value is -0.450. The zero-order valence-electron chi connectivity index (χ0n) is 10.2. The van der Waals surface area contributed by atoms with Crippen LogP contribution in [0.4, 0.5) is 0 Å². The minimum Gasteiger partial charge on any atom is -0.330 e. The van der Waals surface area contributed by atoms with Crippen molar-refractivity contribution >= 4 is 37.5 Å². The van der Waals surface area contributed by atoms with Gasteiger partial charge in [0.2, 0.25) is 0 Å². The van der Waals surface area contributed by atoms with Gasteiger partial charge in [0.25, 0.3) is 0 Å². The van der Waals surface area contributed by atoms with Crippen molar-refractivity contribution in [3.63, 3.8) is 0 Å². The molecule has 1 heterocycles. The van der Waals surface area contributed by atoms with Crippen molar-refractivity contribution in [1.29, 1.82) is 0 Å². The second-order valence-electron chi connectivity index (χ2n) is 5.12. The number of hydrogen-bond acceptors (Lipinski definition) is 3. The largest absolute Gasteiger partial charge is 0.330 e. The van der Waals surface area contributed by atoms with Crippen molar-refractivity contribution in [1.82, 2.24) is 4.98 Å². The highest BCUT2D eigenvalue weighted by molar-refractivity contribution is 9.10. The van der Waals surface area contributed by atoms with Crippen LogP contribution in [0.2, 0.25) is 0 Å². The normalized spacial score (nSPS) is 24.6. The third-order valence-corrected chi connectivity index (χ3v) is 5.59. The molecule has 0 saturated heterocycles. The van der Waals surface area contributed by atoms with E-state index in [1.807, 2.05) is 11.3 Å². The summed E-state index contributed by atoms with van der Waals surface area (Å²) in [4.78, 5) is 4.81. The molecule has 0 atom stereocenters. The van der Waals surface area contributed by atoms with Gasteiger partial charge in [0, 0.05) is 10.4 Å². The van der Waals surface area contributed by atoms with Gasteiger partial charge >= 0.3 is 0 Å². The number of fused-ring (bicyclic) bond motifs is 1. The predicted molar refractivity (Wildman–Crippen MR) is 81.1 cm³/mol. The summed E-state index contributed by atoms with van der Waals surface area (Å²) in [5.74, 6) is 1.40. The number of rotatable bonds is 2. The average molecular weight is 325 g/mol. The number of nitrogens with two attached hydrogens (primary N) is 1. The minimum absolute atomic E-state index is 0.656. The highest BCUT2D eigenvalue weighted by Crippen LogP contribution is 2.38. The van der Waals surface area contributed by atoms with E-state index in [4.69, 9.17) is 10.7 Å².